The molecular formula is C18H24N2O2. The van der Waals surface area contributed by atoms with Crippen LogP contribution in [-0.2, 0) is 11.3 Å². The molecule has 1 aromatic heterocycles. The maximum absolute atomic E-state index is 5.56. The second-order valence-corrected chi connectivity index (χ2v) is 6.07. The van der Waals surface area contributed by atoms with E-state index in [9.17, 15) is 0 Å². The number of oxime groups is 1. The van der Waals surface area contributed by atoms with E-state index in [-0.39, 0.29) is 0 Å². The fourth-order valence-corrected chi connectivity index (χ4v) is 3.18. The molecule has 0 N–H and O–H groups in total. The quantitative estimate of drug-likeness (QED) is 0.489. The molecule has 1 fully saturated rings. The number of hydrogen-bond acceptors (Lipinski definition) is 4. The van der Waals surface area contributed by atoms with Gasteiger partial charge in [0, 0.05) is 12.0 Å². The Bertz CT molecular complexity index is 586. The predicted molar refractivity (Wildman–Crippen MR) is 86.9 cm³/mol. The molecule has 0 atom stereocenters. The van der Waals surface area contributed by atoms with Gasteiger partial charge < -0.3 is 9.25 Å². The summed E-state index contributed by atoms with van der Waals surface area (Å²) < 4.78 is 5.56. The molecule has 1 aromatic rings. The Hall–Kier alpha value is -1.73. The summed E-state index contributed by atoms with van der Waals surface area (Å²) in [6.45, 7) is 5.64. The minimum atomic E-state index is 0.365. The fraction of sp³-hybridized carbons (Fsp3) is 0.611. The van der Waals surface area contributed by atoms with Gasteiger partial charge in [0.25, 0.3) is 0 Å². The fourth-order valence-electron chi connectivity index (χ4n) is 3.18. The third-order valence-corrected chi connectivity index (χ3v) is 4.34. The molecule has 0 bridgehead atoms. The Morgan fingerprint density at radius 1 is 1.18 bits per heavy atom. The molecule has 0 radical (unpaired) electrons. The van der Waals surface area contributed by atoms with Crippen LogP contribution in [0.5, 0.6) is 0 Å². The average Bonchev–Trinajstić information content (AvgIpc) is 2.94. The third kappa shape index (κ3) is 3.72. The molecule has 0 saturated carbocycles. The first-order valence-electron chi connectivity index (χ1n) is 8.29. The summed E-state index contributed by atoms with van der Waals surface area (Å²) >= 11 is 0. The van der Waals surface area contributed by atoms with Crippen LogP contribution < -0.4 is 0 Å². The minimum absolute atomic E-state index is 0.365. The summed E-state index contributed by atoms with van der Waals surface area (Å²) in [5.74, 6) is 7.29. The van der Waals surface area contributed by atoms with Crippen molar-refractivity contribution in [3.63, 3.8) is 0 Å². The lowest BCUT2D eigenvalue weighted by Crippen LogP contribution is -2.29. The number of piperidine rings is 1. The average molecular weight is 300 g/mol. The number of aryl methyl sites for hydroxylation is 2. The van der Waals surface area contributed by atoms with Crippen LogP contribution >= 0.6 is 0 Å². The molecule has 0 amide bonds. The lowest BCUT2D eigenvalue weighted by atomic mass is 9.94. The molecule has 4 nitrogen and oxygen atoms in total. The summed E-state index contributed by atoms with van der Waals surface area (Å²) in [5.41, 5.74) is 3.30. The van der Waals surface area contributed by atoms with Crippen molar-refractivity contribution < 1.29 is 9.25 Å². The smallest absolute Gasteiger partial charge is 0.177 e. The zero-order chi connectivity index (χ0) is 15.2. The van der Waals surface area contributed by atoms with E-state index in [1.165, 1.54) is 32.4 Å². The molecule has 118 valence electrons. The highest BCUT2D eigenvalue weighted by molar-refractivity contribution is 6.03. The lowest BCUT2D eigenvalue weighted by molar-refractivity contribution is 0.178. The standard InChI is InChI=1S/C18H24N2O2/c1-15-14-21-17-9-7-8-16(18(15)17)19-22-13-6-5-12-20-10-3-2-4-11-20/h14H,2-4,7-13H2,1H3/b19-16+. The van der Waals surface area contributed by atoms with Gasteiger partial charge in [-0.25, -0.2) is 0 Å². The van der Waals surface area contributed by atoms with Gasteiger partial charge in [0.15, 0.2) is 6.61 Å². The molecule has 1 saturated heterocycles. The van der Waals surface area contributed by atoms with Crippen LogP contribution in [0.2, 0.25) is 0 Å². The van der Waals surface area contributed by atoms with Gasteiger partial charge in [-0.05, 0) is 51.3 Å². The first kappa shape index (κ1) is 15.2. The SMILES string of the molecule is Cc1coc2c1/C(=N/OCC#CCN1CCCCC1)CCC2. The van der Waals surface area contributed by atoms with Crippen LogP contribution in [0.4, 0.5) is 0 Å². The number of hydrogen-bond donors (Lipinski definition) is 0. The molecule has 2 heterocycles. The van der Waals surface area contributed by atoms with Crippen LogP contribution in [0, 0.1) is 18.8 Å². The molecule has 1 aliphatic carbocycles. The summed E-state index contributed by atoms with van der Waals surface area (Å²) in [7, 11) is 0. The van der Waals surface area contributed by atoms with E-state index >= 15 is 0 Å². The Morgan fingerprint density at radius 2 is 2.05 bits per heavy atom. The molecule has 0 aromatic carbocycles. The van der Waals surface area contributed by atoms with Gasteiger partial charge in [0.05, 0.1) is 18.5 Å². The van der Waals surface area contributed by atoms with Crippen molar-refractivity contribution in [2.24, 2.45) is 5.16 Å². The van der Waals surface area contributed by atoms with Gasteiger partial charge in [0.2, 0.25) is 0 Å². The molecule has 0 unspecified atom stereocenters. The van der Waals surface area contributed by atoms with Crippen molar-refractivity contribution >= 4 is 5.71 Å². The number of nitrogens with zero attached hydrogens (tertiary/aromatic N) is 2. The van der Waals surface area contributed by atoms with Crippen LogP contribution in [-0.4, -0.2) is 36.9 Å². The van der Waals surface area contributed by atoms with E-state index in [2.05, 4.69) is 28.8 Å². The first-order valence-corrected chi connectivity index (χ1v) is 8.29. The molecule has 2 aliphatic rings. The molecule has 0 spiro atoms. The zero-order valence-electron chi connectivity index (χ0n) is 13.4. The van der Waals surface area contributed by atoms with Crippen molar-refractivity contribution in [1.29, 1.82) is 0 Å². The van der Waals surface area contributed by atoms with Gasteiger partial charge in [-0.15, -0.1) is 0 Å². The molecule has 3 rings (SSSR count). The van der Waals surface area contributed by atoms with E-state index in [0.717, 1.165) is 48.4 Å². The highest BCUT2D eigenvalue weighted by Crippen LogP contribution is 2.26. The van der Waals surface area contributed by atoms with Gasteiger partial charge >= 0.3 is 0 Å². The van der Waals surface area contributed by atoms with Crippen molar-refractivity contribution in [2.45, 2.75) is 45.4 Å². The maximum Gasteiger partial charge on any atom is 0.177 e. The van der Waals surface area contributed by atoms with Crippen molar-refractivity contribution in [3.05, 3.63) is 23.2 Å². The van der Waals surface area contributed by atoms with Gasteiger partial charge in [-0.2, -0.15) is 0 Å². The number of rotatable bonds is 3. The van der Waals surface area contributed by atoms with E-state index in [0.29, 0.717) is 6.61 Å². The lowest BCUT2D eigenvalue weighted by Gasteiger charge is -2.23. The molecule has 4 heteroatoms. The highest BCUT2D eigenvalue weighted by Gasteiger charge is 2.21. The van der Waals surface area contributed by atoms with Crippen LogP contribution in [0.1, 0.15) is 49.0 Å². The van der Waals surface area contributed by atoms with E-state index in [4.69, 9.17) is 9.25 Å². The van der Waals surface area contributed by atoms with Crippen molar-refractivity contribution in [1.82, 2.24) is 4.90 Å². The summed E-state index contributed by atoms with van der Waals surface area (Å²) in [4.78, 5) is 7.81. The molecule has 1 aliphatic heterocycles. The summed E-state index contributed by atoms with van der Waals surface area (Å²) in [6.07, 6.45) is 8.80. The van der Waals surface area contributed by atoms with E-state index in [1.54, 1.807) is 0 Å². The van der Waals surface area contributed by atoms with E-state index < -0.39 is 0 Å². The number of likely N-dealkylation sites (tertiary alicyclic amines) is 1. The van der Waals surface area contributed by atoms with Crippen LogP contribution in [0.3, 0.4) is 0 Å². The second kappa shape index (κ2) is 7.51. The largest absolute Gasteiger partial charge is 0.468 e. The van der Waals surface area contributed by atoms with Gasteiger partial charge in [-0.3, -0.25) is 4.90 Å². The van der Waals surface area contributed by atoms with Crippen LogP contribution in [0.15, 0.2) is 15.8 Å². The normalized spacial score (nSPS) is 20.3. The van der Waals surface area contributed by atoms with Crippen LogP contribution in [0.25, 0.3) is 0 Å². The Labute approximate surface area is 132 Å². The number of furan rings is 1. The van der Waals surface area contributed by atoms with E-state index in [1.807, 2.05) is 6.26 Å². The Kier molecular flexibility index (Phi) is 5.18. The summed E-state index contributed by atoms with van der Waals surface area (Å²) in [5, 5.41) is 4.28. The molecule has 22 heavy (non-hydrogen) atoms. The summed E-state index contributed by atoms with van der Waals surface area (Å²) in [6, 6.07) is 0. The highest BCUT2D eigenvalue weighted by atomic mass is 16.6. The minimum Gasteiger partial charge on any atom is -0.468 e. The predicted octanol–water partition coefficient (Wildman–Crippen LogP) is 3.13. The Balaban J connectivity index is 1.48. The monoisotopic (exact) mass is 300 g/mol. The molecular weight excluding hydrogens is 276 g/mol. The first-order chi connectivity index (χ1) is 10.8. The maximum atomic E-state index is 5.56. The van der Waals surface area contributed by atoms with Gasteiger partial charge in [0.1, 0.15) is 5.76 Å². The zero-order valence-corrected chi connectivity index (χ0v) is 13.4. The second-order valence-electron chi connectivity index (χ2n) is 6.07. The third-order valence-electron chi connectivity index (χ3n) is 4.34. The number of fused-ring (bicyclic) bond motifs is 1. The topological polar surface area (TPSA) is 38.0 Å². The van der Waals surface area contributed by atoms with Crippen molar-refractivity contribution in [3.8, 4) is 11.8 Å². The van der Waals surface area contributed by atoms with Gasteiger partial charge in [-0.1, -0.05) is 23.4 Å². The Morgan fingerprint density at radius 3 is 2.91 bits per heavy atom. The van der Waals surface area contributed by atoms with Crippen molar-refractivity contribution in [2.75, 3.05) is 26.2 Å².